The number of hydrogen-bond donors (Lipinski definition) is 1. The first-order valence-corrected chi connectivity index (χ1v) is 9.11. The lowest BCUT2D eigenvalue weighted by atomic mass is 10.1. The second kappa shape index (κ2) is 7.34. The number of aryl methyl sites for hydroxylation is 1. The Bertz CT molecular complexity index is 758. The molecule has 1 heterocycles. The van der Waals surface area contributed by atoms with Gasteiger partial charge in [-0.2, -0.15) is 0 Å². The maximum Gasteiger partial charge on any atom is 0.229 e. The largest absolute Gasteiger partial charge is 0.326 e. The Balaban J connectivity index is 1.72. The highest BCUT2D eigenvalue weighted by Gasteiger charge is 2.35. The molecule has 4 nitrogen and oxygen atoms in total. The molecule has 24 heavy (non-hydrogen) atoms. The van der Waals surface area contributed by atoms with Gasteiger partial charge >= 0.3 is 0 Å². The van der Waals surface area contributed by atoms with Crippen molar-refractivity contribution in [3.05, 3.63) is 57.7 Å². The first kappa shape index (κ1) is 17.0. The predicted molar refractivity (Wildman–Crippen MR) is 104 cm³/mol. The van der Waals surface area contributed by atoms with Crippen LogP contribution in [0.2, 0.25) is 0 Å². The van der Waals surface area contributed by atoms with Crippen molar-refractivity contribution in [3.8, 4) is 0 Å². The number of para-hydroxylation sites is 1. The van der Waals surface area contributed by atoms with Crippen molar-refractivity contribution in [1.29, 1.82) is 0 Å². The number of hydrogen-bond acceptors (Lipinski definition) is 2. The van der Waals surface area contributed by atoms with E-state index in [-0.39, 0.29) is 24.2 Å². The van der Waals surface area contributed by atoms with Crippen LogP contribution in [-0.2, 0) is 16.0 Å². The van der Waals surface area contributed by atoms with E-state index in [1.165, 1.54) is 0 Å². The zero-order chi connectivity index (χ0) is 17.1. The summed E-state index contributed by atoms with van der Waals surface area (Å²) >= 11 is 2.22. The Hall–Kier alpha value is -1.89. The first-order chi connectivity index (χ1) is 11.6. The molecular weight excluding hydrogens is 415 g/mol. The molecule has 0 aliphatic carbocycles. The van der Waals surface area contributed by atoms with Crippen LogP contribution in [0.3, 0.4) is 0 Å². The smallest absolute Gasteiger partial charge is 0.229 e. The van der Waals surface area contributed by atoms with Gasteiger partial charge in [0.05, 0.1) is 5.92 Å². The molecule has 0 unspecified atom stereocenters. The van der Waals surface area contributed by atoms with Crippen LogP contribution in [0.1, 0.15) is 18.9 Å². The number of nitrogens with zero attached hydrogens (tertiary/aromatic N) is 1. The molecule has 1 fully saturated rings. The molecule has 0 spiro atoms. The maximum absolute atomic E-state index is 12.5. The molecular formula is C19H19IN2O2. The number of carbonyl (C=O) groups is 2. The molecule has 1 saturated heterocycles. The van der Waals surface area contributed by atoms with Crippen molar-refractivity contribution in [3.63, 3.8) is 0 Å². The number of carbonyl (C=O) groups excluding carboxylic acids is 2. The summed E-state index contributed by atoms with van der Waals surface area (Å²) in [5.41, 5.74) is 2.82. The third kappa shape index (κ3) is 3.61. The lowest BCUT2D eigenvalue weighted by Crippen LogP contribution is -2.28. The van der Waals surface area contributed by atoms with E-state index in [2.05, 4.69) is 34.8 Å². The van der Waals surface area contributed by atoms with Crippen molar-refractivity contribution in [2.75, 3.05) is 16.8 Å². The van der Waals surface area contributed by atoms with Crippen LogP contribution in [0.15, 0.2) is 48.5 Å². The van der Waals surface area contributed by atoms with Gasteiger partial charge in [-0.3, -0.25) is 9.59 Å². The standard InChI is InChI=1S/C19H19IN2O2/c1-2-13-5-3-4-6-17(13)22-12-14(11-18(22)23)19(24)21-16-9-7-15(20)8-10-16/h3-10,14H,2,11-12H2,1H3,(H,21,24)/t14-/m1/s1. The van der Waals surface area contributed by atoms with E-state index in [1.54, 1.807) is 4.90 Å². The number of benzene rings is 2. The van der Waals surface area contributed by atoms with Crippen LogP contribution < -0.4 is 10.2 Å². The average Bonchev–Trinajstić information content (AvgIpc) is 2.98. The van der Waals surface area contributed by atoms with E-state index in [9.17, 15) is 9.59 Å². The van der Waals surface area contributed by atoms with Gasteiger partial charge in [0.25, 0.3) is 0 Å². The van der Waals surface area contributed by atoms with Crippen LogP contribution in [0.25, 0.3) is 0 Å². The Morgan fingerprint density at radius 3 is 2.62 bits per heavy atom. The highest BCUT2D eigenvalue weighted by atomic mass is 127. The summed E-state index contributed by atoms with van der Waals surface area (Å²) in [4.78, 5) is 26.6. The van der Waals surface area contributed by atoms with E-state index in [1.807, 2.05) is 48.5 Å². The van der Waals surface area contributed by atoms with Crippen molar-refractivity contribution in [2.24, 2.45) is 5.92 Å². The van der Waals surface area contributed by atoms with E-state index >= 15 is 0 Å². The zero-order valence-electron chi connectivity index (χ0n) is 13.5. The van der Waals surface area contributed by atoms with Gasteiger partial charge in [0.2, 0.25) is 11.8 Å². The van der Waals surface area contributed by atoms with E-state index in [4.69, 9.17) is 0 Å². The molecule has 2 aromatic rings. The van der Waals surface area contributed by atoms with Crippen LogP contribution in [0.4, 0.5) is 11.4 Å². The van der Waals surface area contributed by atoms with Gasteiger partial charge in [0.15, 0.2) is 0 Å². The highest BCUT2D eigenvalue weighted by molar-refractivity contribution is 14.1. The molecule has 0 saturated carbocycles. The van der Waals surface area contributed by atoms with E-state index < -0.39 is 0 Å². The number of anilines is 2. The molecule has 1 aliphatic rings. The van der Waals surface area contributed by atoms with Gasteiger partial charge in [0.1, 0.15) is 0 Å². The number of halogens is 1. The molecule has 3 rings (SSSR count). The molecule has 0 bridgehead atoms. The summed E-state index contributed by atoms with van der Waals surface area (Å²) in [6.45, 7) is 2.51. The predicted octanol–water partition coefficient (Wildman–Crippen LogP) is 3.85. The fourth-order valence-electron chi connectivity index (χ4n) is 2.97. The topological polar surface area (TPSA) is 49.4 Å². The van der Waals surface area contributed by atoms with E-state index in [0.29, 0.717) is 6.54 Å². The Kier molecular flexibility index (Phi) is 5.18. The Labute approximate surface area is 155 Å². The summed E-state index contributed by atoms with van der Waals surface area (Å²) in [5.74, 6) is -0.401. The Morgan fingerprint density at radius 1 is 1.21 bits per heavy atom. The van der Waals surface area contributed by atoms with Crippen LogP contribution >= 0.6 is 22.6 Å². The lowest BCUT2D eigenvalue weighted by molar-refractivity contribution is -0.122. The molecule has 2 aromatic carbocycles. The fourth-order valence-corrected chi connectivity index (χ4v) is 3.33. The lowest BCUT2D eigenvalue weighted by Gasteiger charge is -2.20. The minimum absolute atomic E-state index is 0.0126. The van der Waals surface area contributed by atoms with Gasteiger partial charge in [-0.25, -0.2) is 0 Å². The molecule has 2 amide bonds. The van der Waals surface area contributed by atoms with Crippen LogP contribution in [-0.4, -0.2) is 18.4 Å². The maximum atomic E-state index is 12.5. The number of nitrogens with one attached hydrogen (secondary N) is 1. The second-order valence-corrected chi connectivity index (χ2v) is 7.13. The molecule has 5 heteroatoms. The Morgan fingerprint density at radius 2 is 1.92 bits per heavy atom. The monoisotopic (exact) mass is 434 g/mol. The van der Waals surface area contributed by atoms with Crippen molar-refractivity contribution >= 4 is 45.8 Å². The van der Waals surface area contributed by atoms with Crippen molar-refractivity contribution < 1.29 is 9.59 Å². The summed E-state index contributed by atoms with van der Waals surface area (Å²) < 4.78 is 1.11. The molecule has 1 N–H and O–H groups in total. The minimum atomic E-state index is -0.318. The SMILES string of the molecule is CCc1ccccc1N1C[C@H](C(=O)Nc2ccc(I)cc2)CC1=O. The normalized spacial score (nSPS) is 17.2. The summed E-state index contributed by atoms with van der Waals surface area (Å²) in [5, 5.41) is 2.91. The van der Waals surface area contributed by atoms with Crippen molar-refractivity contribution in [1.82, 2.24) is 0 Å². The first-order valence-electron chi connectivity index (χ1n) is 8.03. The third-order valence-corrected chi connectivity index (χ3v) is 4.99. The van der Waals surface area contributed by atoms with E-state index in [0.717, 1.165) is 26.9 Å². The van der Waals surface area contributed by atoms with Gasteiger partial charge in [0, 0.05) is 27.9 Å². The molecule has 1 atom stereocenters. The summed E-state index contributed by atoms with van der Waals surface area (Å²) in [6.07, 6.45) is 1.12. The van der Waals surface area contributed by atoms with Gasteiger partial charge in [-0.05, 0) is 64.9 Å². The van der Waals surface area contributed by atoms with Gasteiger partial charge in [-0.1, -0.05) is 25.1 Å². The molecule has 1 aliphatic heterocycles. The highest BCUT2D eigenvalue weighted by Crippen LogP contribution is 2.29. The quantitative estimate of drug-likeness (QED) is 0.744. The third-order valence-electron chi connectivity index (χ3n) is 4.27. The minimum Gasteiger partial charge on any atom is -0.326 e. The number of amides is 2. The molecule has 0 radical (unpaired) electrons. The van der Waals surface area contributed by atoms with Gasteiger partial charge in [-0.15, -0.1) is 0 Å². The zero-order valence-corrected chi connectivity index (χ0v) is 15.6. The fraction of sp³-hybridized carbons (Fsp3) is 0.263. The summed E-state index contributed by atoms with van der Waals surface area (Å²) in [6, 6.07) is 15.5. The molecule has 124 valence electrons. The van der Waals surface area contributed by atoms with Crippen LogP contribution in [0.5, 0.6) is 0 Å². The van der Waals surface area contributed by atoms with Crippen LogP contribution in [0, 0.1) is 9.49 Å². The molecule has 0 aromatic heterocycles. The summed E-state index contributed by atoms with van der Waals surface area (Å²) in [7, 11) is 0. The van der Waals surface area contributed by atoms with Crippen molar-refractivity contribution in [2.45, 2.75) is 19.8 Å². The van der Waals surface area contributed by atoms with Gasteiger partial charge < -0.3 is 10.2 Å². The average molecular weight is 434 g/mol. The second-order valence-electron chi connectivity index (χ2n) is 5.88. The number of rotatable bonds is 4.